The maximum Gasteiger partial charge on any atom is 0.0473 e. The Bertz CT molecular complexity index is 422. The second kappa shape index (κ2) is 7.88. The monoisotopic (exact) mass is 289 g/mol. The van der Waals surface area contributed by atoms with Crippen molar-refractivity contribution < 1.29 is 0 Å². The van der Waals surface area contributed by atoms with Gasteiger partial charge in [-0.15, -0.1) is 0 Å². The van der Waals surface area contributed by atoms with E-state index in [4.69, 9.17) is 4.99 Å². The van der Waals surface area contributed by atoms with Crippen LogP contribution < -0.4 is 5.32 Å². The number of hydrogen-bond donors (Lipinski definition) is 1. The SMILES string of the molecule is C=NCCCNC(C)C1CN=C(CC)C2=C1C[C@H](C)CC2. The normalized spacial score (nSPS) is 27.1. The lowest BCUT2D eigenvalue weighted by atomic mass is 9.74. The number of allylic oxidation sites excluding steroid dienone is 1. The Morgan fingerprint density at radius 3 is 3.00 bits per heavy atom. The first kappa shape index (κ1) is 16.4. The number of nitrogens with zero attached hydrogens (tertiary/aromatic N) is 2. The van der Waals surface area contributed by atoms with Crippen LogP contribution in [0.3, 0.4) is 0 Å². The molecule has 1 heterocycles. The van der Waals surface area contributed by atoms with Gasteiger partial charge in [-0.05, 0) is 63.8 Å². The molecule has 1 aliphatic heterocycles. The molecule has 3 atom stereocenters. The van der Waals surface area contributed by atoms with Crippen LogP contribution in [-0.4, -0.2) is 38.1 Å². The van der Waals surface area contributed by atoms with E-state index in [-0.39, 0.29) is 0 Å². The summed E-state index contributed by atoms with van der Waals surface area (Å²) in [5.74, 6) is 1.43. The lowest BCUT2D eigenvalue weighted by Crippen LogP contribution is -2.40. The number of nitrogens with one attached hydrogen (secondary N) is 1. The van der Waals surface area contributed by atoms with Crippen LogP contribution in [0.25, 0.3) is 0 Å². The molecule has 1 N–H and O–H groups in total. The van der Waals surface area contributed by atoms with Gasteiger partial charge in [-0.25, -0.2) is 0 Å². The quantitative estimate of drug-likeness (QED) is 0.563. The molecule has 3 nitrogen and oxygen atoms in total. The summed E-state index contributed by atoms with van der Waals surface area (Å²) in [5.41, 5.74) is 4.70. The lowest BCUT2D eigenvalue weighted by Gasteiger charge is -2.37. The predicted octanol–water partition coefficient (Wildman–Crippen LogP) is 3.65. The molecule has 0 saturated heterocycles. The summed E-state index contributed by atoms with van der Waals surface area (Å²) in [6.45, 7) is 13.4. The summed E-state index contributed by atoms with van der Waals surface area (Å²) in [5, 5.41) is 3.68. The molecule has 118 valence electrons. The minimum atomic E-state index is 0.507. The van der Waals surface area contributed by atoms with Gasteiger partial charge in [0, 0.05) is 30.8 Å². The summed E-state index contributed by atoms with van der Waals surface area (Å²) >= 11 is 0. The molecule has 1 aliphatic carbocycles. The van der Waals surface area contributed by atoms with Gasteiger partial charge in [0.05, 0.1) is 0 Å². The third-order valence-electron chi connectivity index (χ3n) is 5.02. The van der Waals surface area contributed by atoms with Crippen LogP contribution in [-0.2, 0) is 0 Å². The van der Waals surface area contributed by atoms with E-state index in [0.29, 0.717) is 12.0 Å². The van der Waals surface area contributed by atoms with E-state index in [1.54, 1.807) is 11.1 Å². The van der Waals surface area contributed by atoms with Crippen LogP contribution in [0.1, 0.15) is 52.9 Å². The third-order valence-corrected chi connectivity index (χ3v) is 5.02. The predicted molar refractivity (Wildman–Crippen MR) is 92.6 cm³/mol. The molecule has 0 radical (unpaired) electrons. The summed E-state index contributed by atoms with van der Waals surface area (Å²) in [6.07, 6.45) is 6.02. The molecule has 0 bridgehead atoms. The van der Waals surface area contributed by atoms with Crippen molar-refractivity contribution in [3.05, 3.63) is 11.1 Å². The lowest BCUT2D eigenvalue weighted by molar-refractivity contribution is 0.377. The fourth-order valence-corrected chi connectivity index (χ4v) is 3.72. The third kappa shape index (κ3) is 4.03. The largest absolute Gasteiger partial charge is 0.314 e. The summed E-state index contributed by atoms with van der Waals surface area (Å²) in [4.78, 5) is 8.81. The Kier molecular flexibility index (Phi) is 6.16. The van der Waals surface area contributed by atoms with Gasteiger partial charge in [0.2, 0.25) is 0 Å². The Hall–Kier alpha value is -0.960. The zero-order valence-electron chi connectivity index (χ0n) is 14.0. The standard InChI is InChI=1S/C18H31N3/c1-5-18-15-8-7-13(2)11-16(15)17(12-21-18)14(3)20-10-6-9-19-4/h13-14,17,20H,4-12H2,1-3H3/t13-,14?,17?/m1/s1. The fourth-order valence-electron chi connectivity index (χ4n) is 3.72. The molecule has 2 rings (SSSR count). The number of dihydropyridines is 1. The van der Waals surface area contributed by atoms with Crippen molar-refractivity contribution in [3.63, 3.8) is 0 Å². The van der Waals surface area contributed by atoms with Crippen LogP contribution in [0.2, 0.25) is 0 Å². The highest BCUT2D eigenvalue weighted by molar-refractivity contribution is 6.01. The molecule has 0 spiro atoms. The zero-order valence-corrected chi connectivity index (χ0v) is 14.0. The molecule has 0 aromatic carbocycles. The van der Waals surface area contributed by atoms with E-state index in [0.717, 1.165) is 38.4 Å². The molecule has 2 aliphatic rings. The molecule has 0 amide bonds. The van der Waals surface area contributed by atoms with E-state index in [1.807, 2.05) is 0 Å². The first-order valence-corrected chi connectivity index (χ1v) is 8.58. The first-order chi connectivity index (χ1) is 10.2. The number of aliphatic imine (C=N–C) groups is 2. The van der Waals surface area contributed by atoms with Gasteiger partial charge in [-0.2, -0.15) is 0 Å². The summed E-state index contributed by atoms with van der Waals surface area (Å²) in [6, 6.07) is 0.507. The molecule has 21 heavy (non-hydrogen) atoms. The van der Waals surface area contributed by atoms with Crippen molar-refractivity contribution in [1.82, 2.24) is 5.32 Å². The Labute approximate surface area is 130 Å². The highest BCUT2D eigenvalue weighted by Crippen LogP contribution is 2.38. The molecule has 0 fully saturated rings. The van der Waals surface area contributed by atoms with Gasteiger partial charge in [0.1, 0.15) is 0 Å². The van der Waals surface area contributed by atoms with E-state index in [2.05, 4.69) is 37.8 Å². The maximum atomic E-state index is 4.89. The highest BCUT2D eigenvalue weighted by atomic mass is 14.9. The van der Waals surface area contributed by atoms with Gasteiger partial charge in [0.25, 0.3) is 0 Å². The smallest absolute Gasteiger partial charge is 0.0473 e. The van der Waals surface area contributed by atoms with E-state index in [1.165, 1.54) is 25.0 Å². The van der Waals surface area contributed by atoms with E-state index < -0.39 is 0 Å². The topological polar surface area (TPSA) is 36.8 Å². The van der Waals surface area contributed by atoms with Gasteiger partial charge < -0.3 is 10.3 Å². The average molecular weight is 289 g/mol. The molecule has 2 unspecified atom stereocenters. The van der Waals surface area contributed by atoms with E-state index >= 15 is 0 Å². The summed E-state index contributed by atoms with van der Waals surface area (Å²) < 4.78 is 0. The Morgan fingerprint density at radius 1 is 1.48 bits per heavy atom. The van der Waals surface area contributed by atoms with Gasteiger partial charge >= 0.3 is 0 Å². The molecule has 0 aromatic heterocycles. The molecule has 3 heteroatoms. The molecular weight excluding hydrogens is 258 g/mol. The minimum Gasteiger partial charge on any atom is -0.314 e. The van der Waals surface area contributed by atoms with Crippen molar-refractivity contribution in [2.24, 2.45) is 21.8 Å². The van der Waals surface area contributed by atoms with Crippen molar-refractivity contribution in [2.75, 3.05) is 19.6 Å². The second-order valence-electron chi connectivity index (χ2n) is 6.64. The first-order valence-electron chi connectivity index (χ1n) is 8.58. The Morgan fingerprint density at radius 2 is 2.29 bits per heavy atom. The van der Waals surface area contributed by atoms with Crippen LogP contribution in [0.5, 0.6) is 0 Å². The van der Waals surface area contributed by atoms with Gasteiger partial charge in [-0.3, -0.25) is 4.99 Å². The number of rotatable bonds is 7. The minimum absolute atomic E-state index is 0.507. The van der Waals surface area contributed by atoms with Crippen LogP contribution in [0.15, 0.2) is 21.1 Å². The second-order valence-corrected chi connectivity index (χ2v) is 6.64. The van der Waals surface area contributed by atoms with Crippen molar-refractivity contribution >= 4 is 12.4 Å². The molecule has 0 saturated carbocycles. The van der Waals surface area contributed by atoms with Crippen molar-refractivity contribution in [3.8, 4) is 0 Å². The molecular formula is C18H31N3. The molecule has 0 aromatic rings. The maximum absolute atomic E-state index is 4.89. The van der Waals surface area contributed by atoms with Crippen molar-refractivity contribution in [1.29, 1.82) is 0 Å². The Balaban J connectivity index is 2.04. The van der Waals surface area contributed by atoms with Crippen molar-refractivity contribution in [2.45, 2.75) is 58.9 Å². The average Bonchev–Trinajstić information content (AvgIpc) is 2.50. The van der Waals surface area contributed by atoms with E-state index in [9.17, 15) is 0 Å². The van der Waals surface area contributed by atoms with Gasteiger partial charge in [-0.1, -0.05) is 19.4 Å². The summed E-state index contributed by atoms with van der Waals surface area (Å²) in [7, 11) is 0. The number of hydrogen-bond acceptors (Lipinski definition) is 3. The van der Waals surface area contributed by atoms with Crippen LogP contribution in [0, 0.1) is 11.8 Å². The van der Waals surface area contributed by atoms with Crippen LogP contribution >= 0.6 is 0 Å². The fraction of sp³-hybridized carbons (Fsp3) is 0.778. The highest BCUT2D eigenvalue weighted by Gasteiger charge is 2.31. The van der Waals surface area contributed by atoms with Gasteiger partial charge in [0.15, 0.2) is 0 Å². The zero-order chi connectivity index (χ0) is 15.2. The van der Waals surface area contributed by atoms with Crippen LogP contribution in [0.4, 0.5) is 0 Å².